The second-order valence-electron chi connectivity index (χ2n) is 7.06. The van der Waals surface area contributed by atoms with Crippen LogP contribution in [0.5, 0.6) is 0 Å². The highest BCUT2D eigenvalue weighted by molar-refractivity contribution is 7.92. The Bertz CT molecular complexity index is 1160. The molecular weight excluding hydrogens is 420 g/mol. The quantitative estimate of drug-likeness (QED) is 0.555. The highest BCUT2D eigenvalue weighted by Gasteiger charge is 2.21. The van der Waals surface area contributed by atoms with Crippen LogP contribution in [0.25, 0.3) is 0 Å². The molecule has 0 aliphatic heterocycles. The first-order chi connectivity index (χ1) is 14.3. The smallest absolute Gasteiger partial charge is 0.263 e. The predicted molar refractivity (Wildman–Crippen MR) is 121 cm³/mol. The molecule has 30 heavy (non-hydrogen) atoms. The minimum atomic E-state index is -3.96. The maximum Gasteiger partial charge on any atom is 0.263 e. The van der Waals surface area contributed by atoms with E-state index in [4.69, 9.17) is 11.6 Å². The molecule has 0 bridgehead atoms. The average Bonchev–Trinajstić information content (AvgIpc) is 2.71. The molecule has 0 unspecified atom stereocenters. The van der Waals surface area contributed by atoms with Crippen LogP contribution in [0.4, 0.5) is 5.69 Å². The van der Waals surface area contributed by atoms with Crippen molar-refractivity contribution in [3.05, 3.63) is 94.0 Å². The van der Waals surface area contributed by atoms with E-state index in [1.165, 1.54) is 18.2 Å². The lowest BCUT2D eigenvalue weighted by Gasteiger charge is -2.13. The Balaban J connectivity index is 1.76. The van der Waals surface area contributed by atoms with Crippen molar-refractivity contribution in [3.8, 4) is 0 Å². The van der Waals surface area contributed by atoms with Gasteiger partial charge in [0.2, 0.25) is 0 Å². The van der Waals surface area contributed by atoms with Gasteiger partial charge in [-0.15, -0.1) is 0 Å². The van der Waals surface area contributed by atoms with Crippen molar-refractivity contribution in [2.24, 2.45) is 0 Å². The molecule has 0 aliphatic carbocycles. The van der Waals surface area contributed by atoms with Gasteiger partial charge in [-0.2, -0.15) is 0 Å². The highest BCUT2D eigenvalue weighted by atomic mass is 35.5. The second kappa shape index (κ2) is 9.32. The summed E-state index contributed by atoms with van der Waals surface area (Å²) in [5.41, 5.74) is 3.53. The van der Waals surface area contributed by atoms with Gasteiger partial charge in [0.1, 0.15) is 4.90 Å². The molecule has 0 fully saturated rings. The van der Waals surface area contributed by atoms with Crippen LogP contribution in [0, 0.1) is 13.8 Å². The van der Waals surface area contributed by atoms with Gasteiger partial charge < -0.3 is 5.32 Å². The van der Waals surface area contributed by atoms with Crippen LogP contribution in [-0.2, 0) is 16.4 Å². The third-order valence-corrected chi connectivity index (χ3v) is 6.51. The Kier molecular flexibility index (Phi) is 6.80. The van der Waals surface area contributed by atoms with Gasteiger partial charge in [0, 0.05) is 12.1 Å². The maximum absolute atomic E-state index is 12.9. The van der Waals surface area contributed by atoms with E-state index in [1.54, 1.807) is 6.07 Å². The van der Waals surface area contributed by atoms with Crippen molar-refractivity contribution in [3.63, 3.8) is 0 Å². The highest BCUT2D eigenvalue weighted by Crippen LogP contribution is 2.26. The molecular formula is C23H23ClN2O3S. The summed E-state index contributed by atoms with van der Waals surface area (Å²) in [4.78, 5) is 12.4. The summed E-state index contributed by atoms with van der Waals surface area (Å²) in [7, 11) is -3.96. The van der Waals surface area contributed by atoms with Crippen molar-refractivity contribution < 1.29 is 13.2 Å². The summed E-state index contributed by atoms with van der Waals surface area (Å²) in [5.74, 6) is -0.356. The number of carbonyl (C=O) groups excluding carboxylic acids is 1. The second-order valence-corrected chi connectivity index (χ2v) is 9.12. The van der Waals surface area contributed by atoms with Crippen molar-refractivity contribution in [2.45, 2.75) is 25.2 Å². The fourth-order valence-electron chi connectivity index (χ4n) is 2.96. The van der Waals surface area contributed by atoms with E-state index >= 15 is 0 Å². The molecule has 0 aromatic heterocycles. The van der Waals surface area contributed by atoms with Gasteiger partial charge in [-0.25, -0.2) is 8.42 Å². The monoisotopic (exact) mass is 442 g/mol. The van der Waals surface area contributed by atoms with Gasteiger partial charge in [-0.05, 0) is 61.2 Å². The summed E-state index contributed by atoms with van der Waals surface area (Å²) >= 11 is 6.16. The summed E-state index contributed by atoms with van der Waals surface area (Å²) in [5, 5.41) is 2.86. The number of anilines is 1. The summed E-state index contributed by atoms with van der Waals surface area (Å²) in [6.07, 6.45) is 0.680. The zero-order chi connectivity index (χ0) is 21.7. The minimum Gasteiger partial charge on any atom is -0.352 e. The Morgan fingerprint density at radius 3 is 2.43 bits per heavy atom. The lowest BCUT2D eigenvalue weighted by Crippen LogP contribution is -2.26. The van der Waals surface area contributed by atoms with Crippen LogP contribution >= 0.6 is 11.6 Å². The number of hydrogen-bond acceptors (Lipinski definition) is 3. The topological polar surface area (TPSA) is 75.3 Å². The van der Waals surface area contributed by atoms with E-state index in [1.807, 2.05) is 56.3 Å². The number of nitrogens with one attached hydrogen (secondary N) is 2. The van der Waals surface area contributed by atoms with Crippen molar-refractivity contribution in [2.75, 3.05) is 11.3 Å². The molecule has 0 heterocycles. The van der Waals surface area contributed by atoms with E-state index in [0.29, 0.717) is 18.7 Å². The van der Waals surface area contributed by atoms with Gasteiger partial charge in [-0.3, -0.25) is 9.52 Å². The van der Waals surface area contributed by atoms with E-state index in [2.05, 4.69) is 10.0 Å². The van der Waals surface area contributed by atoms with Gasteiger partial charge >= 0.3 is 0 Å². The van der Waals surface area contributed by atoms with Crippen LogP contribution in [-0.4, -0.2) is 20.9 Å². The molecule has 0 spiro atoms. The molecule has 2 N–H and O–H groups in total. The number of halogens is 1. The molecule has 3 aromatic rings. The maximum atomic E-state index is 12.9. The zero-order valence-electron chi connectivity index (χ0n) is 16.8. The average molecular weight is 443 g/mol. The Hall–Kier alpha value is -2.83. The van der Waals surface area contributed by atoms with Crippen molar-refractivity contribution >= 4 is 33.2 Å². The molecule has 0 radical (unpaired) electrons. The van der Waals surface area contributed by atoms with Gasteiger partial charge in [0.15, 0.2) is 0 Å². The van der Waals surface area contributed by atoms with E-state index in [9.17, 15) is 13.2 Å². The van der Waals surface area contributed by atoms with Crippen LogP contribution < -0.4 is 10.0 Å². The van der Waals surface area contributed by atoms with Crippen LogP contribution in [0.3, 0.4) is 0 Å². The third-order valence-electron chi connectivity index (χ3n) is 4.66. The van der Waals surface area contributed by atoms with Crippen LogP contribution in [0.15, 0.2) is 71.6 Å². The number of hydrogen-bond donors (Lipinski definition) is 2. The summed E-state index contributed by atoms with van der Waals surface area (Å²) < 4.78 is 28.4. The molecule has 1 amide bonds. The molecule has 3 aromatic carbocycles. The van der Waals surface area contributed by atoms with E-state index in [0.717, 1.165) is 16.7 Å². The first kappa shape index (κ1) is 21.9. The molecule has 7 heteroatoms. The lowest BCUT2D eigenvalue weighted by atomic mass is 10.1. The SMILES string of the molecule is Cc1ccc(C)c(NS(=O)(=O)c2cc(C(=O)NCCc3ccccc3)ccc2Cl)c1. The molecule has 156 valence electrons. The standard InChI is InChI=1S/C23H23ClN2O3S/c1-16-8-9-17(2)21(14-16)26-30(28,29)22-15-19(10-11-20(22)24)23(27)25-13-12-18-6-4-3-5-7-18/h3-11,14-15,26H,12-13H2,1-2H3,(H,25,27). The number of aryl methyl sites for hydroxylation is 2. The fraction of sp³-hybridized carbons (Fsp3) is 0.174. The number of carbonyl (C=O) groups is 1. The molecule has 0 atom stereocenters. The van der Waals surface area contributed by atoms with Crippen molar-refractivity contribution in [1.29, 1.82) is 0 Å². The van der Waals surface area contributed by atoms with Crippen molar-refractivity contribution in [1.82, 2.24) is 5.32 Å². The van der Waals surface area contributed by atoms with Gasteiger partial charge in [0.25, 0.3) is 15.9 Å². The third kappa shape index (κ3) is 5.40. The first-order valence-electron chi connectivity index (χ1n) is 9.48. The van der Waals surface area contributed by atoms with E-state index < -0.39 is 10.0 Å². The molecule has 0 aliphatic rings. The fourth-order valence-corrected chi connectivity index (χ4v) is 4.61. The van der Waals surface area contributed by atoms with E-state index in [-0.39, 0.29) is 21.4 Å². The summed E-state index contributed by atoms with van der Waals surface area (Å²) in [6.45, 7) is 4.13. The lowest BCUT2D eigenvalue weighted by molar-refractivity contribution is 0.0954. The zero-order valence-corrected chi connectivity index (χ0v) is 18.3. The largest absolute Gasteiger partial charge is 0.352 e. The minimum absolute atomic E-state index is 0.0497. The Morgan fingerprint density at radius 2 is 1.70 bits per heavy atom. The summed E-state index contributed by atoms with van der Waals surface area (Å²) in [6, 6.07) is 19.5. The molecule has 3 rings (SSSR count). The molecule has 0 saturated carbocycles. The van der Waals surface area contributed by atoms with Crippen LogP contribution in [0.2, 0.25) is 5.02 Å². The normalized spacial score (nSPS) is 11.2. The molecule has 5 nitrogen and oxygen atoms in total. The van der Waals surface area contributed by atoms with Gasteiger partial charge in [0.05, 0.1) is 10.7 Å². The van der Waals surface area contributed by atoms with Crippen LogP contribution in [0.1, 0.15) is 27.0 Å². The Labute approximate surface area is 182 Å². The van der Waals surface area contributed by atoms with Gasteiger partial charge in [-0.1, -0.05) is 54.1 Å². The first-order valence-corrected chi connectivity index (χ1v) is 11.3. The molecule has 0 saturated heterocycles. The number of benzene rings is 3. The predicted octanol–water partition coefficient (Wildman–Crippen LogP) is 4.73. The number of sulfonamides is 1. The Morgan fingerprint density at radius 1 is 0.967 bits per heavy atom. The number of amides is 1. The number of rotatable bonds is 7.